The number of aromatic nitrogens is 4. The van der Waals surface area contributed by atoms with Crippen molar-refractivity contribution in [1.29, 1.82) is 0 Å². The fourth-order valence-electron chi connectivity index (χ4n) is 1.97. The van der Waals surface area contributed by atoms with Crippen molar-refractivity contribution in [2.75, 3.05) is 5.75 Å². The van der Waals surface area contributed by atoms with Crippen molar-refractivity contribution >= 4 is 29.0 Å². The number of carbonyl (C=O) groups excluding carboxylic acids is 1. The Balaban J connectivity index is 1.74. The van der Waals surface area contributed by atoms with Gasteiger partial charge in [0.05, 0.1) is 12.0 Å². The number of furan rings is 1. The third-order valence-corrected chi connectivity index (χ3v) is 4.88. The van der Waals surface area contributed by atoms with E-state index in [1.807, 2.05) is 40.7 Å². The summed E-state index contributed by atoms with van der Waals surface area (Å²) in [5, 5.41) is 10.9. The molecule has 0 aliphatic carbocycles. The number of thiazole rings is 1. The first-order valence-corrected chi connectivity index (χ1v) is 8.83. The first kappa shape index (κ1) is 15.8. The second-order valence-electron chi connectivity index (χ2n) is 4.62. The molecule has 1 amide bonds. The summed E-state index contributed by atoms with van der Waals surface area (Å²) < 4.78 is 9.10. The molecule has 0 aromatic carbocycles. The molecule has 3 aromatic rings. The monoisotopic (exact) mass is 349 g/mol. The van der Waals surface area contributed by atoms with Crippen LogP contribution in [0, 0.1) is 0 Å². The molecule has 0 fully saturated rings. The summed E-state index contributed by atoms with van der Waals surface area (Å²) in [5.74, 6) is 1.34. The van der Waals surface area contributed by atoms with Crippen molar-refractivity contribution in [2.24, 2.45) is 12.0 Å². The molecule has 0 radical (unpaired) electrons. The molecular weight excluding hydrogens is 334 g/mol. The first-order valence-electron chi connectivity index (χ1n) is 6.96. The molecule has 3 heterocycles. The number of carbonyl (C=O) groups is 1. The molecule has 7 nitrogen and oxygen atoms in total. The van der Waals surface area contributed by atoms with E-state index in [1.54, 1.807) is 12.3 Å². The first-order chi connectivity index (χ1) is 11.2. The molecule has 9 heteroatoms. The van der Waals surface area contributed by atoms with E-state index >= 15 is 0 Å². The lowest BCUT2D eigenvalue weighted by atomic mass is 10.4. The number of aryl methyl sites for hydroxylation is 1. The fourth-order valence-corrected chi connectivity index (χ4v) is 3.50. The lowest BCUT2D eigenvalue weighted by Gasteiger charge is -2.04. The average Bonchev–Trinajstić information content (AvgIpc) is 3.26. The van der Waals surface area contributed by atoms with E-state index in [0.717, 1.165) is 0 Å². The quantitative estimate of drug-likeness (QED) is 0.660. The van der Waals surface area contributed by atoms with Crippen LogP contribution in [0.2, 0.25) is 0 Å². The van der Waals surface area contributed by atoms with E-state index in [2.05, 4.69) is 15.2 Å². The van der Waals surface area contributed by atoms with Crippen LogP contribution in [0.3, 0.4) is 0 Å². The van der Waals surface area contributed by atoms with Gasteiger partial charge < -0.3 is 8.98 Å². The molecule has 0 bridgehead atoms. The van der Waals surface area contributed by atoms with Gasteiger partial charge in [0, 0.05) is 25.2 Å². The highest BCUT2D eigenvalue weighted by Crippen LogP contribution is 2.24. The van der Waals surface area contributed by atoms with Crippen LogP contribution in [0.25, 0.3) is 11.6 Å². The Morgan fingerprint density at radius 1 is 1.48 bits per heavy atom. The van der Waals surface area contributed by atoms with Gasteiger partial charge in [-0.2, -0.15) is 4.99 Å². The normalized spacial score (nSPS) is 12.0. The van der Waals surface area contributed by atoms with E-state index in [9.17, 15) is 4.79 Å². The number of nitrogens with zero attached hydrogens (tertiary/aromatic N) is 5. The molecule has 0 atom stereocenters. The number of hydrogen-bond donors (Lipinski definition) is 0. The van der Waals surface area contributed by atoms with Gasteiger partial charge >= 0.3 is 0 Å². The number of rotatable bonds is 5. The van der Waals surface area contributed by atoms with Crippen LogP contribution in [-0.2, 0) is 18.4 Å². The SMILES string of the molecule is CCn1c(SCC(=O)N=c2sccn2C)nnc1-c1ccco1. The van der Waals surface area contributed by atoms with Crippen molar-refractivity contribution in [1.82, 2.24) is 19.3 Å². The highest BCUT2D eigenvalue weighted by Gasteiger charge is 2.16. The number of hydrogen-bond acceptors (Lipinski definition) is 6. The second-order valence-corrected chi connectivity index (χ2v) is 6.43. The van der Waals surface area contributed by atoms with Gasteiger partial charge in [-0.15, -0.1) is 21.5 Å². The zero-order valence-electron chi connectivity index (χ0n) is 12.7. The van der Waals surface area contributed by atoms with Gasteiger partial charge in [-0.25, -0.2) is 0 Å². The maximum atomic E-state index is 12.0. The Hall–Kier alpha value is -2.13. The average molecular weight is 349 g/mol. The van der Waals surface area contributed by atoms with Crippen LogP contribution >= 0.6 is 23.1 Å². The third-order valence-electron chi connectivity index (χ3n) is 3.08. The smallest absolute Gasteiger partial charge is 0.258 e. The van der Waals surface area contributed by atoms with Crippen molar-refractivity contribution in [3.05, 3.63) is 34.8 Å². The molecule has 120 valence electrons. The summed E-state index contributed by atoms with van der Waals surface area (Å²) in [6.45, 7) is 2.69. The topological polar surface area (TPSA) is 78.2 Å². The van der Waals surface area contributed by atoms with Crippen molar-refractivity contribution < 1.29 is 9.21 Å². The predicted octanol–water partition coefficient (Wildman–Crippen LogP) is 2.18. The summed E-state index contributed by atoms with van der Waals surface area (Å²) in [6.07, 6.45) is 3.47. The van der Waals surface area contributed by atoms with Crippen LogP contribution in [0.5, 0.6) is 0 Å². The molecule has 0 aliphatic heterocycles. The number of amides is 1. The third kappa shape index (κ3) is 3.45. The molecule has 23 heavy (non-hydrogen) atoms. The van der Waals surface area contributed by atoms with E-state index in [0.29, 0.717) is 28.1 Å². The molecule has 0 N–H and O–H groups in total. The zero-order valence-corrected chi connectivity index (χ0v) is 14.3. The Bertz CT molecular complexity index is 860. The Morgan fingerprint density at radius 2 is 2.35 bits per heavy atom. The lowest BCUT2D eigenvalue weighted by Crippen LogP contribution is -2.13. The molecule has 0 saturated heterocycles. The van der Waals surface area contributed by atoms with Gasteiger partial charge in [0.2, 0.25) is 0 Å². The highest BCUT2D eigenvalue weighted by molar-refractivity contribution is 7.99. The van der Waals surface area contributed by atoms with Crippen LogP contribution in [0.15, 0.2) is 44.5 Å². The molecule has 0 spiro atoms. The standard InChI is InChI=1S/C14H15N5O2S2/c1-3-19-12(10-5-4-7-21-10)16-17-14(19)23-9-11(20)15-13-18(2)6-8-22-13/h4-8H,3,9H2,1-2H3. The largest absolute Gasteiger partial charge is 0.461 e. The molecule has 0 aliphatic rings. The van der Waals surface area contributed by atoms with Crippen molar-refractivity contribution in [3.8, 4) is 11.6 Å². The Kier molecular flexibility index (Phi) is 4.77. The molecule has 3 rings (SSSR count). The molecule has 0 unspecified atom stereocenters. The van der Waals surface area contributed by atoms with Gasteiger partial charge in [-0.1, -0.05) is 11.8 Å². The van der Waals surface area contributed by atoms with Crippen LogP contribution in [-0.4, -0.2) is 31.0 Å². The molecule has 0 saturated carbocycles. The highest BCUT2D eigenvalue weighted by atomic mass is 32.2. The lowest BCUT2D eigenvalue weighted by molar-refractivity contribution is -0.115. The van der Waals surface area contributed by atoms with Crippen LogP contribution < -0.4 is 4.80 Å². The summed E-state index contributed by atoms with van der Waals surface area (Å²) in [4.78, 5) is 16.8. The van der Waals surface area contributed by atoms with Crippen molar-refractivity contribution in [3.63, 3.8) is 0 Å². The van der Waals surface area contributed by atoms with E-state index < -0.39 is 0 Å². The van der Waals surface area contributed by atoms with E-state index in [4.69, 9.17) is 4.42 Å². The van der Waals surface area contributed by atoms with E-state index in [1.165, 1.54) is 23.1 Å². The summed E-state index contributed by atoms with van der Waals surface area (Å²) in [6, 6.07) is 3.64. The Labute approximate surface area is 140 Å². The van der Waals surface area contributed by atoms with Crippen LogP contribution in [0.1, 0.15) is 6.92 Å². The van der Waals surface area contributed by atoms with Gasteiger partial charge in [-0.3, -0.25) is 9.36 Å². The van der Waals surface area contributed by atoms with Gasteiger partial charge in [0.1, 0.15) is 0 Å². The van der Waals surface area contributed by atoms with Crippen LogP contribution in [0.4, 0.5) is 0 Å². The summed E-state index contributed by atoms with van der Waals surface area (Å²) in [7, 11) is 1.86. The van der Waals surface area contributed by atoms with Crippen molar-refractivity contribution in [2.45, 2.75) is 18.6 Å². The predicted molar refractivity (Wildman–Crippen MR) is 88.0 cm³/mol. The zero-order chi connectivity index (χ0) is 16.2. The second kappa shape index (κ2) is 6.97. The minimum atomic E-state index is -0.196. The number of thioether (sulfide) groups is 1. The minimum Gasteiger partial charge on any atom is -0.461 e. The van der Waals surface area contributed by atoms with Gasteiger partial charge in [0.25, 0.3) is 5.91 Å². The molecular formula is C14H15N5O2S2. The van der Waals surface area contributed by atoms with Gasteiger partial charge in [0.15, 0.2) is 21.5 Å². The Morgan fingerprint density at radius 3 is 3.00 bits per heavy atom. The fraction of sp³-hybridized carbons (Fsp3) is 0.286. The maximum absolute atomic E-state index is 12.0. The summed E-state index contributed by atoms with van der Waals surface area (Å²) in [5.41, 5.74) is 0. The van der Waals surface area contributed by atoms with Gasteiger partial charge in [-0.05, 0) is 19.1 Å². The molecule has 3 aromatic heterocycles. The summed E-state index contributed by atoms with van der Waals surface area (Å²) >= 11 is 2.76. The van der Waals surface area contributed by atoms with E-state index in [-0.39, 0.29) is 11.7 Å². The minimum absolute atomic E-state index is 0.196. The maximum Gasteiger partial charge on any atom is 0.258 e.